The largest absolute Gasteiger partial charge is 0.507 e. The zero-order valence-electron chi connectivity index (χ0n) is 22.6. The smallest absolute Gasteiger partial charge is 0.123 e. The number of fused-ring (bicyclic) bond motifs is 7. The molecule has 3 nitrogen and oxygen atoms in total. The van der Waals surface area contributed by atoms with Crippen LogP contribution >= 0.6 is 11.8 Å². The number of hydrogen-bond acceptors (Lipinski definition) is 4. The van der Waals surface area contributed by atoms with Gasteiger partial charge in [0, 0.05) is 28.8 Å². The Labute approximate surface area is 220 Å². The molecule has 0 radical (unpaired) electrons. The quantitative estimate of drug-likeness (QED) is 0.362. The number of ether oxygens (including phenoxy) is 1. The summed E-state index contributed by atoms with van der Waals surface area (Å²) in [6.07, 6.45) is 5.57. The third-order valence-electron chi connectivity index (χ3n) is 8.76. The molecule has 1 aliphatic heterocycles. The van der Waals surface area contributed by atoms with Crippen molar-refractivity contribution >= 4 is 28.2 Å². The van der Waals surface area contributed by atoms with Crippen molar-refractivity contribution in [2.45, 2.75) is 64.2 Å². The topological polar surface area (TPSA) is 32.7 Å². The molecule has 0 atom stereocenters. The van der Waals surface area contributed by atoms with Gasteiger partial charge in [0.2, 0.25) is 0 Å². The second kappa shape index (κ2) is 8.16. The first-order valence-corrected chi connectivity index (χ1v) is 14.6. The van der Waals surface area contributed by atoms with Crippen LogP contribution in [0.2, 0.25) is 0 Å². The second-order valence-corrected chi connectivity index (χ2v) is 13.8. The summed E-state index contributed by atoms with van der Waals surface area (Å²) in [7, 11) is 0. The fraction of sp³-hybridized carbons (Fsp3) is 0.500. The number of aryl methyl sites for hydroxylation is 1. The lowest BCUT2D eigenvalue weighted by Gasteiger charge is -2.51. The molecule has 1 saturated heterocycles. The van der Waals surface area contributed by atoms with Crippen LogP contribution in [0.15, 0.2) is 41.3 Å². The summed E-state index contributed by atoms with van der Waals surface area (Å²) in [6.45, 7) is 15.3. The minimum Gasteiger partial charge on any atom is -0.507 e. The van der Waals surface area contributed by atoms with Crippen molar-refractivity contribution in [3.8, 4) is 16.9 Å². The Morgan fingerprint density at radius 2 is 1.56 bits per heavy atom. The van der Waals surface area contributed by atoms with Gasteiger partial charge in [-0.15, -0.1) is 11.8 Å². The zero-order valence-corrected chi connectivity index (χ0v) is 23.4. The first-order chi connectivity index (χ1) is 17.0. The number of hydrogen-bond donors (Lipinski definition) is 1. The fourth-order valence-electron chi connectivity index (χ4n) is 8.22. The third-order valence-corrected chi connectivity index (χ3v) is 9.53. The molecule has 1 heterocycles. The van der Waals surface area contributed by atoms with Gasteiger partial charge in [-0.05, 0) is 89.1 Å². The second-order valence-electron chi connectivity index (χ2n) is 13.0. The maximum absolute atomic E-state index is 11.5. The average Bonchev–Trinajstić information content (AvgIpc) is 3.04. The highest BCUT2D eigenvalue weighted by molar-refractivity contribution is 7.98. The summed E-state index contributed by atoms with van der Waals surface area (Å²) in [5.74, 6) is 0.415. The molecule has 4 heteroatoms. The number of aromatic hydroxyl groups is 1. The molecule has 190 valence electrons. The molecule has 1 N–H and O–H groups in total. The molecule has 36 heavy (non-hydrogen) atoms. The molecule has 0 amide bonds. The molecule has 3 aromatic rings. The molecule has 0 aromatic heterocycles. The number of morpholine rings is 1. The van der Waals surface area contributed by atoms with Gasteiger partial charge < -0.3 is 14.7 Å². The van der Waals surface area contributed by atoms with Gasteiger partial charge in [0.15, 0.2) is 0 Å². The van der Waals surface area contributed by atoms with Crippen LogP contribution in [0.4, 0.5) is 5.69 Å². The lowest BCUT2D eigenvalue weighted by Crippen LogP contribution is -2.43. The van der Waals surface area contributed by atoms with E-state index in [4.69, 9.17) is 4.74 Å². The van der Waals surface area contributed by atoms with Crippen LogP contribution in [-0.4, -0.2) is 37.7 Å². The van der Waals surface area contributed by atoms with Crippen LogP contribution in [0, 0.1) is 17.8 Å². The van der Waals surface area contributed by atoms with Crippen molar-refractivity contribution in [2.75, 3.05) is 37.5 Å². The molecule has 3 aromatic carbocycles. The van der Waals surface area contributed by atoms with Crippen LogP contribution in [0.3, 0.4) is 0 Å². The van der Waals surface area contributed by atoms with Gasteiger partial charge in [0.1, 0.15) is 5.75 Å². The van der Waals surface area contributed by atoms with Gasteiger partial charge in [-0.2, -0.15) is 0 Å². The minimum absolute atomic E-state index is 0.0785. The van der Waals surface area contributed by atoms with E-state index in [0.717, 1.165) is 44.5 Å². The number of anilines is 1. The Bertz CT molecular complexity index is 1350. The lowest BCUT2D eigenvalue weighted by molar-refractivity contribution is 0.0645. The van der Waals surface area contributed by atoms with E-state index in [1.807, 2.05) is 0 Å². The Morgan fingerprint density at radius 1 is 0.861 bits per heavy atom. The molecule has 0 bridgehead atoms. The van der Waals surface area contributed by atoms with Crippen LogP contribution < -0.4 is 4.90 Å². The van der Waals surface area contributed by atoms with Gasteiger partial charge in [-0.1, -0.05) is 51.5 Å². The van der Waals surface area contributed by atoms with Gasteiger partial charge in [-0.25, -0.2) is 0 Å². The van der Waals surface area contributed by atoms with Gasteiger partial charge in [0.25, 0.3) is 0 Å². The Balaban J connectivity index is 1.68. The van der Waals surface area contributed by atoms with E-state index in [9.17, 15) is 5.11 Å². The monoisotopic (exact) mass is 501 g/mol. The normalized spacial score (nSPS) is 21.6. The Hall–Kier alpha value is -2.17. The predicted molar refractivity (Wildman–Crippen MR) is 153 cm³/mol. The van der Waals surface area contributed by atoms with Gasteiger partial charge >= 0.3 is 0 Å². The lowest BCUT2D eigenvalue weighted by atomic mass is 9.52. The summed E-state index contributed by atoms with van der Waals surface area (Å²) in [5.41, 5.74) is 8.44. The number of rotatable bonds is 2. The van der Waals surface area contributed by atoms with Gasteiger partial charge in [0.05, 0.1) is 18.9 Å². The Morgan fingerprint density at radius 3 is 2.22 bits per heavy atom. The fourth-order valence-corrected chi connectivity index (χ4v) is 8.85. The van der Waals surface area contributed by atoms with Crippen LogP contribution in [0.5, 0.6) is 5.75 Å². The van der Waals surface area contributed by atoms with Crippen LogP contribution in [-0.2, 0) is 10.2 Å². The molecule has 1 spiro atoms. The van der Waals surface area contributed by atoms with Crippen LogP contribution in [0.1, 0.15) is 63.6 Å². The van der Waals surface area contributed by atoms with Crippen molar-refractivity contribution in [1.82, 2.24) is 0 Å². The number of thioether (sulfide) groups is 1. The highest BCUT2D eigenvalue weighted by Gasteiger charge is 2.53. The van der Waals surface area contributed by atoms with E-state index in [1.54, 1.807) is 11.8 Å². The highest BCUT2D eigenvalue weighted by Crippen LogP contribution is 2.65. The first kappa shape index (κ1) is 24.2. The molecule has 2 aliphatic carbocycles. The number of phenolic OH excluding ortho intramolecular Hbond substituents is 1. The predicted octanol–water partition coefficient (Wildman–Crippen LogP) is 7.92. The molecule has 0 unspecified atom stereocenters. The van der Waals surface area contributed by atoms with Gasteiger partial charge in [-0.3, -0.25) is 0 Å². The standard InChI is InChI=1S/C32H39NO2S/c1-20-7-8-21-24(13-20)32(18-30(2,3)17-31(4,5)19-32)25-16-27(34)22-15-28(36-6)26(14-23(22)29(21)25)33-9-11-35-12-10-33/h7-8,13-16,34H,9-12,17-19H2,1-6H3. The SMILES string of the molecule is CSc1cc2c(O)cc3c(c2cc1N1CCOCC1)-c1ccc(C)cc1C31CC(C)(C)CC(C)(C)C1. The molecular weight excluding hydrogens is 462 g/mol. The maximum Gasteiger partial charge on any atom is 0.123 e. The van der Waals surface area contributed by atoms with E-state index in [-0.39, 0.29) is 16.2 Å². The molecule has 2 fully saturated rings. The van der Waals surface area contributed by atoms with E-state index in [0.29, 0.717) is 5.75 Å². The third kappa shape index (κ3) is 3.67. The van der Waals surface area contributed by atoms with E-state index in [1.165, 1.54) is 50.2 Å². The molecule has 3 aliphatic rings. The first-order valence-electron chi connectivity index (χ1n) is 13.4. The maximum atomic E-state index is 11.5. The molecule has 1 saturated carbocycles. The summed E-state index contributed by atoms with van der Waals surface area (Å²) < 4.78 is 5.66. The summed E-state index contributed by atoms with van der Waals surface area (Å²) in [5, 5.41) is 13.7. The van der Waals surface area contributed by atoms with E-state index < -0.39 is 0 Å². The number of benzene rings is 3. The van der Waals surface area contributed by atoms with Crippen molar-refractivity contribution in [3.63, 3.8) is 0 Å². The highest BCUT2D eigenvalue weighted by atomic mass is 32.2. The average molecular weight is 502 g/mol. The Kier molecular flexibility index (Phi) is 5.48. The number of phenols is 1. The summed E-state index contributed by atoms with van der Waals surface area (Å²) in [4.78, 5) is 3.68. The summed E-state index contributed by atoms with van der Waals surface area (Å²) >= 11 is 1.76. The number of nitrogens with zero attached hydrogens (tertiary/aromatic N) is 1. The van der Waals surface area contributed by atoms with Crippen molar-refractivity contribution in [2.24, 2.45) is 10.8 Å². The molecule has 6 rings (SSSR count). The van der Waals surface area contributed by atoms with Crippen molar-refractivity contribution in [3.05, 3.63) is 53.1 Å². The zero-order chi connectivity index (χ0) is 25.5. The molecular formula is C32H39NO2S. The van der Waals surface area contributed by atoms with Crippen molar-refractivity contribution in [1.29, 1.82) is 0 Å². The van der Waals surface area contributed by atoms with E-state index >= 15 is 0 Å². The summed E-state index contributed by atoms with van der Waals surface area (Å²) in [6, 6.07) is 13.8. The van der Waals surface area contributed by atoms with Crippen molar-refractivity contribution < 1.29 is 9.84 Å². The van der Waals surface area contributed by atoms with Crippen LogP contribution in [0.25, 0.3) is 21.9 Å². The van der Waals surface area contributed by atoms with E-state index in [2.05, 4.69) is 82.2 Å². The minimum atomic E-state index is -0.0785.